The minimum absolute atomic E-state index is 0.497. The Morgan fingerprint density at radius 3 is 2.89 bits per heavy atom. The van der Waals surface area contributed by atoms with Crippen LogP contribution in [0, 0.1) is 12.1 Å². The number of benzene rings is 1. The van der Waals surface area contributed by atoms with Crippen molar-refractivity contribution in [3.05, 3.63) is 29.3 Å². The van der Waals surface area contributed by atoms with Crippen LogP contribution in [-0.4, -0.2) is 7.11 Å². The zero-order valence-corrected chi connectivity index (χ0v) is 5.70. The SMILES string of the molecule is COc1c[c]c[c]c1Cl. The van der Waals surface area contributed by atoms with Gasteiger partial charge in [-0.25, -0.2) is 0 Å². The summed E-state index contributed by atoms with van der Waals surface area (Å²) in [4.78, 5) is 0. The first-order chi connectivity index (χ1) is 4.34. The van der Waals surface area contributed by atoms with Crippen LogP contribution in [0.25, 0.3) is 0 Å². The van der Waals surface area contributed by atoms with E-state index in [-0.39, 0.29) is 0 Å². The minimum atomic E-state index is 0.497. The molecule has 9 heavy (non-hydrogen) atoms. The van der Waals surface area contributed by atoms with Gasteiger partial charge in [0.05, 0.1) is 12.1 Å². The van der Waals surface area contributed by atoms with Crippen molar-refractivity contribution in [3.8, 4) is 5.75 Å². The second-order valence-electron chi connectivity index (χ2n) is 1.48. The quantitative estimate of drug-likeness (QED) is 0.580. The Labute approximate surface area is 59.2 Å². The molecule has 0 aliphatic rings. The second-order valence-corrected chi connectivity index (χ2v) is 1.86. The molecule has 1 aromatic carbocycles. The van der Waals surface area contributed by atoms with E-state index < -0.39 is 0 Å². The van der Waals surface area contributed by atoms with Gasteiger partial charge in [0, 0.05) is 6.07 Å². The number of halogens is 1. The molecule has 0 fully saturated rings. The number of hydrogen-bond donors (Lipinski definition) is 0. The third-order valence-electron chi connectivity index (χ3n) is 0.933. The molecule has 0 aliphatic carbocycles. The molecule has 0 unspecified atom stereocenters. The summed E-state index contributed by atoms with van der Waals surface area (Å²) in [6, 6.07) is 8.80. The molecule has 0 N–H and O–H groups in total. The van der Waals surface area contributed by atoms with Gasteiger partial charge in [-0.05, 0) is 18.2 Å². The third kappa shape index (κ3) is 1.36. The molecule has 1 rings (SSSR count). The first-order valence-corrected chi connectivity index (χ1v) is 2.83. The molecule has 1 aromatic rings. The highest BCUT2D eigenvalue weighted by atomic mass is 35.5. The Balaban J connectivity index is 3.01. The Hall–Kier alpha value is -0.690. The van der Waals surface area contributed by atoms with Crippen LogP contribution < -0.4 is 4.74 Å². The van der Waals surface area contributed by atoms with Gasteiger partial charge in [-0.15, -0.1) is 0 Å². The summed E-state index contributed by atoms with van der Waals surface area (Å²) in [5.41, 5.74) is 0. The average molecular weight is 141 g/mol. The standard InChI is InChI=1S/C7H5ClO/c1-9-7-5-3-2-4-6(7)8/h2,5H,1H3. The van der Waals surface area contributed by atoms with Gasteiger partial charge < -0.3 is 4.74 Å². The zero-order chi connectivity index (χ0) is 6.69. The normalized spacial score (nSPS) is 9.11. The van der Waals surface area contributed by atoms with Gasteiger partial charge >= 0.3 is 0 Å². The maximum atomic E-state index is 5.62. The number of hydrogen-bond acceptors (Lipinski definition) is 1. The van der Waals surface area contributed by atoms with Crippen LogP contribution in [0.1, 0.15) is 0 Å². The molecule has 2 radical (unpaired) electrons. The van der Waals surface area contributed by atoms with Gasteiger partial charge in [0.25, 0.3) is 0 Å². The van der Waals surface area contributed by atoms with Crippen molar-refractivity contribution >= 4 is 11.6 Å². The van der Waals surface area contributed by atoms with E-state index >= 15 is 0 Å². The van der Waals surface area contributed by atoms with Crippen molar-refractivity contribution in [2.75, 3.05) is 7.11 Å². The molecular weight excluding hydrogens is 136 g/mol. The molecule has 0 aromatic heterocycles. The lowest BCUT2D eigenvalue weighted by molar-refractivity contribution is 0.415. The summed E-state index contributed by atoms with van der Waals surface area (Å²) in [6.07, 6.45) is 0. The zero-order valence-electron chi connectivity index (χ0n) is 4.94. The van der Waals surface area contributed by atoms with Crippen molar-refractivity contribution in [2.24, 2.45) is 0 Å². The van der Waals surface area contributed by atoms with E-state index in [0.29, 0.717) is 10.8 Å². The predicted molar refractivity (Wildman–Crippen MR) is 35.7 cm³/mol. The lowest BCUT2D eigenvalue weighted by Gasteiger charge is -1.98. The average Bonchev–Trinajstić information content (AvgIpc) is 1.89. The van der Waals surface area contributed by atoms with Crippen LogP contribution >= 0.6 is 11.6 Å². The fourth-order valence-electron chi connectivity index (χ4n) is 0.505. The largest absolute Gasteiger partial charge is 0.495 e. The van der Waals surface area contributed by atoms with Crippen LogP contribution in [-0.2, 0) is 0 Å². The first-order valence-electron chi connectivity index (χ1n) is 2.46. The van der Waals surface area contributed by atoms with Gasteiger partial charge in [0.2, 0.25) is 0 Å². The fraction of sp³-hybridized carbons (Fsp3) is 0.143. The molecule has 2 heteroatoms. The molecule has 0 spiro atoms. The summed E-state index contributed by atoms with van der Waals surface area (Å²) >= 11 is 5.62. The van der Waals surface area contributed by atoms with E-state index in [1.807, 2.05) is 0 Å². The summed E-state index contributed by atoms with van der Waals surface area (Å²) in [5, 5.41) is 0.497. The van der Waals surface area contributed by atoms with Crippen molar-refractivity contribution in [2.45, 2.75) is 0 Å². The summed E-state index contributed by atoms with van der Waals surface area (Å²) < 4.78 is 4.85. The Kier molecular flexibility index (Phi) is 1.96. The molecular formula is C7H5ClO. The Morgan fingerprint density at radius 1 is 1.67 bits per heavy atom. The van der Waals surface area contributed by atoms with Crippen molar-refractivity contribution in [1.82, 2.24) is 0 Å². The van der Waals surface area contributed by atoms with Crippen LogP contribution in [0.15, 0.2) is 12.1 Å². The van der Waals surface area contributed by atoms with Gasteiger partial charge in [0.1, 0.15) is 5.75 Å². The van der Waals surface area contributed by atoms with Crippen molar-refractivity contribution < 1.29 is 4.74 Å². The second kappa shape index (κ2) is 2.74. The fourth-order valence-corrected chi connectivity index (χ4v) is 0.692. The number of methoxy groups -OCH3 is 1. The summed E-state index contributed by atoms with van der Waals surface area (Å²) in [6.45, 7) is 0. The monoisotopic (exact) mass is 140 g/mol. The minimum Gasteiger partial charge on any atom is -0.495 e. The lowest BCUT2D eigenvalue weighted by atomic mass is 10.3. The highest BCUT2D eigenvalue weighted by molar-refractivity contribution is 6.31. The van der Waals surface area contributed by atoms with Crippen LogP contribution in [0.3, 0.4) is 0 Å². The molecule has 1 nitrogen and oxygen atoms in total. The maximum Gasteiger partial charge on any atom is 0.138 e. The van der Waals surface area contributed by atoms with Crippen LogP contribution in [0.4, 0.5) is 0 Å². The van der Waals surface area contributed by atoms with E-state index in [9.17, 15) is 0 Å². The molecule has 0 saturated carbocycles. The lowest BCUT2D eigenvalue weighted by Crippen LogP contribution is -1.81. The smallest absolute Gasteiger partial charge is 0.138 e. The highest BCUT2D eigenvalue weighted by Gasteiger charge is 1.94. The highest BCUT2D eigenvalue weighted by Crippen LogP contribution is 2.20. The molecule has 0 atom stereocenters. The first kappa shape index (κ1) is 6.43. The molecule has 0 aliphatic heterocycles. The molecule has 0 saturated heterocycles. The van der Waals surface area contributed by atoms with E-state index in [0.717, 1.165) is 0 Å². The van der Waals surface area contributed by atoms with Crippen LogP contribution in [0.5, 0.6) is 5.75 Å². The van der Waals surface area contributed by atoms with Crippen molar-refractivity contribution in [3.63, 3.8) is 0 Å². The van der Waals surface area contributed by atoms with Gasteiger partial charge in [-0.1, -0.05) is 11.6 Å². The van der Waals surface area contributed by atoms with E-state index in [4.69, 9.17) is 16.3 Å². The molecule has 0 heterocycles. The van der Waals surface area contributed by atoms with E-state index in [1.54, 1.807) is 19.2 Å². The van der Waals surface area contributed by atoms with Gasteiger partial charge in [-0.3, -0.25) is 0 Å². The summed E-state index contributed by atoms with van der Waals surface area (Å²) in [5.74, 6) is 0.610. The number of rotatable bonds is 1. The summed E-state index contributed by atoms with van der Waals surface area (Å²) in [7, 11) is 1.56. The van der Waals surface area contributed by atoms with Crippen molar-refractivity contribution in [1.29, 1.82) is 0 Å². The van der Waals surface area contributed by atoms with E-state index in [1.165, 1.54) is 0 Å². The molecule has 0 amide bonds. The van der Waals surface area contributed by atoms with E-state index in [2.05, 4.69) is 12.1 Å². The number of ether oxygens (including phenoxy) is 1. The maximum absolute atomic E-state index is 5.62. The van der Waals surface area contributed by atoms with Gasteiger partial charge in [0.15, 0.2) is 0 Å². The topological polar surface area (TPSA) is 9.23 Å². The molecule has 0 bridgehead atoms. The molecule has 46 valence electrons. The van der Waals surface area contributed by atoms with Gasteiger partial charge in [-0.2, -0.15) is 0 Å². The third-order valence-corrected chi connectivity index (χ3v) is 1.23. The van der Waals surface area contributed by atoms with Crippen LogP contribution in [0.2, 0.25) is 5.02 Å². The predicted octanol–water partition coefficient (Wildman–Crippen LogP) is 1.95. The Bertz CT molecular complexity index is 198. The Morgan fingerprint density at radius 2 is 2.44 bits per heavy atom.